The Balaban J connectivity index is 0.00000192. The number of amides is 2. The number of hydrogen-bond acceptors (Lipinski definition) is 3. The molecular weight excluding hydrogens is 312 g/mol. The number of nitrogens with zero attached hydrogens (tertiary/aromatic N) is 2. The standard InChI is InChI=1S/C18H24N2O2.ClH/c1-19(2)9-5-6-10-20-16(21)13-18(17(20)22)11-14-7-3-4-8-15(14)12-18;/h3-4,7-8H,5-6,9-13H2,1-2H3;1H. The monoisotopic (exact) mass is 336 g/mol. The third kappa shape index (κ3) is 3.43. The van der Waals surface area contributed by atoms with Gasteiger partial charge in [-0.1, -0.05) is 24.3 Å². The summed E-state index contributed by atoms with van der Waals surface area (Å²) in [5, 5.41) is 0. The fourth-order valence-electron chi connectivity index (χ4n) is 3.75. The van der Waals surface area contributed by atoms with Crippen LogP contribution in [0.3, 0.4) is 0 Å². The van der Waals surface area contributed by atoms with Crippen LogP contribution < -0.4 is 0 Å². The first-order valence-electron chi connectivity index (χ1n) is 8.08. The first-order valence-corrected chi connectivity index (χ1v) is 8.08. The molecule has 0 aromatic heterocycles. The number of unbranched alkanes of at least 4 members (excludes halogenated alkanes) is 1. The summed E-state index contributed by atoms with van der Waals surface area (Å²) in [5.74, 6) is 0.0706. The highest BCUT2D eigenvalue weighted by Gasteiger charge is 2.53. The predicted molar refractivity (Wildman–Crippen MR) is 92.7 cm³/mol. The van der Waals surface area contributed by atoms with Crippen molar-refractivity contribution in [3.8, 4) is 0 Å². The van der Waals surface area contributed by atoms with Crippen molar-refractivity contribution < 1.29 is 9.59 Å². The number of imide groups is 1. The molecular formula is C18H25ClN2O2. The van der Waals surface area contributed by atoms with Gasteiger partial charge in [0.2, 0.25) is 11.8 Å². The van der Waals surface area contributed by atoms with E-state index < -0.39 is 5.41 Å². The van der Waals surface area contributed by atoms with Gasteiger partial charge in [0.05, 0.1) is 5.41 Å². The van der Waals surface area contributed by atoms with Gasteiger partial charge in [-0.15, -0.1) is 12.4 Å². The van der Waals surface area contributed by atoms with Crippen molar-refractivity contribution in [2.24, 2.45) is 5.41 Å². The Kier molecular flexibility index (Phi) is 5.48. The molecule has 0 radical (unpaired) electrons. The predicted octanol–water partition coefficient (Wildman–Crippen LogP) is 2.29. The molecule has 126 valence electrons. The average molecular weight is 337 g/mol. The Labute approximate surface area is 144 Å². The molecule has 2 aliphatic rings. The maximum atomic E-state index is 12.8. The molecule has 3 rings (SSSR count). The van der Waals surface area contributed by atoms with Crippen molar-refractivity contribution in [3.05, 3.63) is 35.4 Å². The molecule has 5 heteroatoms. The number of carbonyl (C=O) groups excluding carboxylic acids is 2. The number of fused-ring (bicyclic) bond motifs is 1. The van der Waals surface area contributed by atoms with E-state index in [9.17, 15) is 9.59 Å². The summed E-state index contributed by atoms with van der Waals surface area (Å²) in [6.07, 6.45) is 3.73. The van der Waals surface area contributed by atoms with Crippen LogP contribution in [-0.4, -0.2) is 48.8 Å². The minimum atomic E-state index is -0.484. The molecule has 1 fully saturated rings. The first-order chi connectivity index (χ1) is 10.5. The van der Waals surface area contributed by atoms with Gasteiger partial charge in [0.15, 0.2) is 0 Å². The van der Waals surface area contributed by atoms with E-state index in [1.165, 1.54) is 16.0 Å². The molecule has 1 heterocycles. The van der Waals surface area contributed by atoms with Crippen molar-refractivity contribution in [3.63, 3.8) is 0 Å². The lowest BCUT2D eigenvalue weighted by Crippen LogP contribution is -2.37. The molecule has 0 unspecified atom stereocenters. The third-order valence-electron chi connectivity index (χ3n) is 4.90. The second-order valence-electron chi connectivity index (χ2n) is 6.94. The molecule has 0 saturated carbocycles. The smallest absolute Gasteiger partial charge is 0.236 e. The average Bonchev–Trinajstić information content (AvgIpc) is 2.94. The Hall–Kier alpha value is -1.39. The lowest BCUT2D eigenvalue weighted by atomic mass is 9.83. The van der Waals surface area contributed by atoms with E-state index in [4.69, 9.17) is 0 Å². The van der Waals surface area contributed by atoms with Gasteiger partial charge in [0.1, 0.15) is 0 Å². The van der Waals surface area contributed by atoms with Crippen molar-refractivity contribution in [2.45, 2.75) is 32.1 Å². The van der Waals surface area contributed by atoms with E-state index >= 15 is 0 Å². The molecule has 23 heavy (non-hydrogen) atoms. The second-order valence-corrected chi connectivity index (χ2v) is 6.94. The highest BCUT2D eigenvalue weighted by Crippen LogP contribution is 2.45. The van der Waals surface area contributed by atoms with E-state index in [0.29, 0.717) is 13.0 Å². The number of benzene rings is 1. The van der Waals surface area contributed by atoms with Crippen LogP contribution in [0.25, 0.3) is 0 Å². The topological polar surface area (TPSA) is 40.6 Å². The molecule has 4 nitrogen and oxygen atoms in total. The maximum absolute atomic E-state index is 12.8. The number of likely N-dealkylation sites (tertiary alicyclic amines) is 1. The molecule has 1 saturated heterocycles. The summed E-state index contributed by atoms with van der Waals surface area (Å²) in [5.41, 5.74) is 1.98. The molecule has 1 aliphatic carbocycles. The Morgan fingerprint density at radius 1 is 1.04 bits per heavy atom. The fourth-order valence-corrected chi connectivity index (χ4v) is 3.75. The zero-order valence-electron chi connectivity index (χ0n) is 13.9. The van der Waals surface area contributed by atoms with Crippen molar-refractivity contribution in [1.82, 2.24) is 9.80 Å². The largest absolute Gasteiger partial charge is 0.309 e. The van der Waals surface area contributed by atoms with Crippen LogP contribution in [-0.2, 0) is 22.4 Å². The second kappa shape index (κ2) is 7.02. The van der Waals surface area contributed by atoms with E-state index in [-0.39, 0.29) is 24.2 Å². The quantitative estimate of drug-likeness (QED) is 0.612. The first kappa shape index (κ1) is 18.0. The van der Waals surface area contributed by atoms with Crippen LogP contribution in [0, 0.1) is 5.41 Å². The number of halogens is 1. The van der Waals surface area contributed by atoms with Crippen LogP contribution in [0.15, 0.2) is 24.3 Å². The van der Waals surface area contributed by atoms with Crippen LogP contribution in [0.5, 0.6) is 0 Å². The van der Waals surface area contributed by atoms with E-state index in [0.717, 1.165) is 32.2 Å². The molecule has 0 bridgehead atoms. The van der Waals surface area contributed by atoms with Crippen molar-refractivity contribution in [2.75, 3.05) is 27.2 Å². The van der Waals surface area contributed by atoms with Crippen molar-refractivity contribution in [1.29, 1.82) is 0 Å². The summed E-state index contributed by atoms with van der Waals surface area (Å²) < 4.78 is 0. The number of rotatable bonds is 5. The maximum Gasteiger partial charge on any atom is 0.236 e. The van der Waals surface area contributed by atoms with Crippen LogP contribution in [0.2, 0.25) is 0 Å². The van der Waals surface area contributed by atoms with Crippen LogP contribution >= 0.6 is 12.4 Å². The highest BCUT2D eigenvalue weighted by atomic mass is 35.5. The van der Waals surface area contributed by atoms with Gasteiger partial charge in [-0.2, -0.15) is 0 Å². The van der Waals surface area contributed by atoms with Crippen LogP contribution in [0.4, 0.5) is 0 Å². The summed E-state index contributed by atoms with van der Waals surface area (Å²) in [7, 11) is 4.08. The summed E-state index contributed by atoms with van der Waals surface area (Å²) >= 11 is 0. The molecule has 0 atom stereocenters. The highest BCUT2D eigenvalue weighted by molar-refractivity contribution is 6.06. The summed E-state index contributed by atoms with van der Waals surface area (Å²) in [6, 6.07) is 8.19. The SMILES string of the molecule is CN(C)CCCCN1C(=O)CC2(Cc3ccccc3C2)C1=O.Cl. The van der Waals surface area contributed by atoms with Crippen molar-refractivity contribution >= 4 is 24.2 Å². The molecule has 1 aliphatic heterocycles. The minimum Gasteiger partial charge on any atom is -0.309 e. The Bertz CT molecular complexity index is 575. The zero-order chi connectivity index (χ0) is 15.7. The third-order valence-corrected chi connectivity index (χ3v) is 4.90. The minimum absolute atomic E-state index is 0. The zero-order valence-corrected chi connectivity index (χ0v) is 14.7. The Morgan fingerprint density at radius 2 is 1.65 bits per heavy atom. The Morgan fingerprint density at radius 3 is 2.22 bits per heavy atom. The van der Waals surface area contributed by atoms with E-state index in [2.05, 4.69) is 17.0 Å². The lowest BCUT2D eigenvalue weighted by molar-refractivity contribution is -0.141. The number of hydrogen-bond donors (Lipinski definition) is 0. The van der Waals surface area contributed by atoms with Gasteiger partial charge >= 0.3 is 0 Å². The lowest BCUT2D eigenvalue weighted by Gasteiger charge is -2.21. The molecule has 1 aromatic rings. The van der Waals surface area contributed by atoms with Crippen LogP contribution in [0.1, 0.15) is 30.4 Å². The molecule has 1 aromatic carbocycles. The van der Waals surface area contributed by atoms with Gasteiger partial charge in [0.25, 0.3) is 0 Å². The van der Waals surface area contributed by atoms with Gasteiger partial charge in [-0.3, -0.25) is 14.5 Å². The van der Waals surface area contributed by atoms with E-state index in [1.807, 2.05) is 26.2 Å². The van der Waals surface area contributed by atoms with Gasteiger partial charge in [-0.05, 0) is 57.5 Å². The molecule has 2 amide bonds. The molecule has 1 spiro atoms. The summed E-state index contributed by atoms with van der Waals surface area (Å²) in [6.45, 7) is 1.57. The van der Waals surface area contributed by atoms with Gasteiger partial charge in [0, 0.05) is 13.0 Å². The molecule has 0 N–H and O–H groups in total. The summed E-state index contributed by atoms with van der Waals surface area (Å²) in [4.78, 5) is 28.8. The van der Waals surface area contributed by atoms with Gasteiger partial charge in [-0.25, -0.2) is 0 Å². The fraction of sp³-hybridized carbons (Fsp3) is 0.556. The van der Waals surface area contributed by atoms with Gasteiger partial charge < -0.3 is 4.90 Å². The normalized spacial score (nSPS) is 18.7. The van der Waals surface area contributed by atoms with E-state index in [1.54, 1.807) is 0 Å². The number of carbonyl (C=O) groups is 2.